The van der Waals surface area contributed by atoms with E-state index in [0.29, 0.717) is 0 Å². The van der Waals surface area contributed by atoms with Gasteiger partial charge in [-0.15, -0.1) is 0 Å². The van der Waals surface area contributed by atoms with Crippen molar-refractivity contribution in [2.45, 2.75) is 24.6 Å². The number of methoxy groups -OCH3 is 1. The van der Waals surface area contributed by atoms with Crippen molar-refractivity contribution in [2.24, 2.45) is 0 Å². The third-order valence-electron chi connectivity index (χ3n) is 5.76. The molecule has 1 fully saturated rings. The number of quaternary nitrogens is 1. The third kappa shape index (κ3) is 2.61. The van der Waals surface area contributed by atoms with E-state index in [9.17, 15) is 0 Å². The fraction of sp³-hybridized carbons (Fsp3) is 0.333. The SMILES string of the molecule is COc1cccc2c1OC1(CC[NH2+]CC1)N1NC(c3ccccc3Cl)=C[C@H]21. The molecule has 3 aliphatic rings. The van der Waals surface area contributed by atoms with Gasteiger partial charge in [-0.05, 0) is 18.2 Å². The molecule has 1 atom stereocenters. The van der Waals surface area contributed by atoms with Gasteiger partial charge >= 0.3 is 0 Å². The Kier molecular flexibility index (Phi) is 4.04. The second kappa shape index (κ2) is 6.44. The number of rotatable bonds is 2. The van der Waals surface area contributed by atoms with Crippen molar-refractivity contribution in [3.63, 3.8) is 0 Å². The number of nitrogens with zero attached hydrogens (tertiary/aromatic N) is 1. The van der Waals surface area contributed by atoms with Crippen LogP contribution in [0.4, 0.5) is 0 Å². The number of fused-ring (bicyclic) bond motifs is 4. The molecule has 1 saturated heterocycles. The minimum absolute atomic E-state index is 0.0771. The predicted molar refractivity (Wildman–Crippen MR) is 104 cm³/mol. The summed E-state index contributed by atoms with van der Waals surface area (Å²) in [4.78, 5) is 0. The molecule has 5 nitrogen and oxygen atoms in total. The highest BCUT2D eigenvalue weighted by molar-refractivity contribution is 6.32. The Morgan fingerprint density at radius 1 is 1.19 bits per heavy atom. The highest BCUT2D eigenvalue weighted by Gasteiger charge is 2.52. The van der Waals surface area contributed by atoms with Crippen LogP contribution in [-0.4, -0.2) is 30.9 Å². The van der Waals surface area contributed by atoms with Gasteiger partial charge in [-0.2, -0.15) is 5.01 Å². The van der Waals surface area contributed by atoms with E-state index in [1.54, 1.807) is 7.11 Å². The summed E-state index contributed by atoms with van der Waals surface area (Å²) in [6, 6.07) is 14.1. The molecule has 2 aromatic rings. The molecule has 0 bridgehead atoms. The van der Waals surface area contributed by atoms with Crippen LogP contribution in [-0.2, 0) is 0 Å². The van der Waals surface area contributed by atoms with Crippen LogP contribution < -0.4 is 20.2 Å². The molecule has 140 valence electrons. The van der Waals surface area contributed by atoms with E-state index in [4.69, 9.17) is 21.1 Å². The molecule has 1 spiro atoms. The zero-order valence-electron chi connectivity index (χ0n) is 15.2. The molecule has 0 aliphatic carbocycles. The highest BCUT2D eigenvalue weighted by Crippen LogP contribution is 2.50. The van der Waals surface area contributed by atoms with E-state index in [0.717, 1.165) is 59.3 Å². The number of benzene rings is 2. The van der Waals surface area contributed by atoms with Crippen LogP contribution in [0.25, 0.3) is 5.70 Å². The number of hydrazine groups is 1. The molecule has 3 heterocycles. The number of hydrogen-bond acceptors (Lipinski definition) is 4. The number of hydrogen-bond donors (Lipinski definition) is 2. The number of ether oxygens (including phenoxy) is 2. The van der Waals surface area contributed by atoms with Gasteiger partial charge in [0.1, 0.15) is 0 Å². The largest absolute Gasteiger partial charge is 0.493 e. The number of piperidine rings is 1. The molecule has 3 aliphatic heterocycles. The van der Waals surface area contributed by atoms with Crippen LogP contribution in [0.15, 0.2) is 48.5 Å². The summed E-state index contributed by atoms with van der Waals surface area (Å²) < 4.78 is 12.3. The van der Waals surface area contributed by atoms with Crippen molar-refractivity contribution in [1.29, 1.82) is 0 Å². The third-order valence-corrected chi connectivity index (χ3v) is 6.09. The van der Waals surface area contributed by atoms with Gasteiger partial charge in [0.15, 0.2) is 17.2 Å². The molecule has 0 aromatic heterocycles. The van der Waals surface area contributed by atoms with Gasteiger partial charge in [0.25, 0.3) is 0 Å². The van der Waals surface area contributed by atoms with Crippen LogP contribution in [0.2, 0.25) is 5.02 Å². The fourth-order valence-electron chi connectivity index (χ4n) is 4.43. The summed E-state index contributed by atoms with van der Waals surface area (Å²) in [6.07, 6.45) is 4.14. The zero-order valence-corrected chi connectivity index (χ0v) is 16.0. The maximum atomic E-state index is 6.66. The molecule has 3 N–H and O–H groups in total. The first-order valence-electron chi connectivity index (χ1n) is 9.42. The van der Waals surface area contributed by atoms with Crippen molar-refractivity contribution in [3.8, 4) is 11.5 Å². The molecule has 27 heavy (non-hydrogen) atoms. The Bertz CT molecular complexity index is 908. The lowest BCUT2D eigenvalue weighted by molar-refractivity contribution is -0.670. The maximum absolute atomic E-state index is 6.66. The van der Waals surface area contributed by atoms with Crippen LogP contribution in [0.1, 0.15) is 30.0 Å². The zero-order chi connectivity index (χ0) is 18.4. The Morgan fingerprint density at radius 3 is 2.78 bits per heavy atom. The molecular formula is C21H23ClN3O2+. The maximum Gasteiger partial charge on any atom is 0.191 e. The standard InChI is InChI=1S/C21H22ClN3O2/c1-26-19-8-4-6-15-18-13-17(14-5-2-3-7-16(14)22)24-25(18)21(27-20(15)19)9-11-23-12-10-21/h2-8,13,18,23-24H,9-12H2,1H3/p+1/t18-/m1/s1. The smallest absolute Gasteiger partial charge is 0.191 e. The van der Waals surface area contributed by atoms with Crippen molar-refractivity contribution in [3.05, 3.63) is 64.7 Å². The molecule has 0 amide bonds. The van der Waals surface area contributed by atoms with Crippen LogP contribution in [0.5, 0.6) is 11.5 Å². The number of para-hydroxylation sites is 1. The Labute approximate surface area is 163 Å². The van der Waals surface area contributed by atoms with Crippen molar-refractivity contribution in [2.75, 3.05) is 20.2 Å². The highest BCUT2D eigenvalue weighted by atomic mass is 35.5. The van der Waals surface area contributed by atoms with Crippen LogP contribution in [0.3, 0.4) is 0 Å². The molecule has 0 saturated carbocycles. The fourth-order valence-corrected chi connectivity index (χ4v) is 4.66. The van der Waals surface area contributed by atoms with Crippen LogP contribution >= 0.6 is 11.6 Å². The van der Waals surface area contributed by atoms with Gasteiger partial charge in [-0.25, -0.2) is 0 Å². The lowest BCUT2D eigenvalue weighted by Crippen LogP contribution is -2.89. The molecular weight excluding hydrogens is 362 g/mol. The lowest BCUT2D eigenvalue weighted by Gasteiger charge is -2.49. The van der Waals surface area contributed by atoms with E-state index in [-0.39, 0.29) is 11.8 Å². The van der Waals surface area contributed by atoms with Crippen molar-refractivity contribution in [1.82, 2.24) is 10.4 Å². The van der Waals surface area contributed by atoms with Gasteiger partial charge in [0.05, 0.1) is 44.8 Å². The van der Waals surface area contributed by atoms with Crippen molar-refractivity contribution >= 4 is 17.3 Å². The quantitative estimate of drug-likeness (QED) is 0.835. The second-order valence-electron chi connectivity index (χ2n) is 7.28. The Balaban J connectivity index is 1.64. The van der Waals surface area contributed by atoms with Gasteiger partial charge in [-0.3, -0.25) is 0 Å². The van der Waals surface area contributed by atoms with E-state index >= 15 is 0 Å². The monoisotopic (exact) mass is 384 g/mol. The first-order valence-corrected chi connectivity index (χ1v) is 9.80. The summed E-state index contributed by atoms with van der Waals surface area (Å²) in [7, 11) is 1.70. The van der Waals surface area contributed by atoms with Gasteiger partial charge in [0, 0.05) is 16.1 Å². The van der Waals surface area contributed by atoms with E-state index in [1.807, 2.05) is 36.4 Å². The average Bonchev–Trinajstić information content (AvgIpc) is 3.15. The lowest BCUT2D eigenvalue weighted by atomic mass is 9.93. The number of nitrogens with one attached hydrogen (secondary N) is 1. The molecule has 2 aromatic carbocycles. The molecule has 0 unspecified atom stereocenters. The average molecular weight is 385 g/mol. The predicted octanol–water partition coefficient (Wildman–Crippen LogP) is 2.70. The second-order valence-corrected chi connectivity index (χ2v) is 7.69. The van der Waals surface area contributed by atoms with Gasteiger partial charge in [-0.1, -0.05) is 41.9 Å². The summed E-state index contributed by atoms with van der Waals surface area (Å²) >= 11 is 6.47. The van der Waals surface area contributed by atoms with Gasteiger partial charge < -0.3 is 20.2 Å². The number of halogens is 1. The summed E-state index contributed by atoms with van der Waals surface area (Å²) in [5.41, 5.74) is 6.38. The Hall–Kier alpha value is -2.21. The minimum Gasteiger partial charge on any atom is -0.493 e. The summed E-state index contributed by atoms with van der Waals surface area (Å²) in [5.74, 6) is 1.65. The summed E-state index contributed by atoms with van der Waals surface area (Å²) in [6.45, 7) is 2.08. The van der Waals surface area contributed by atoms with Gasteiger partial charge in [0.2, 0.25) is 0 Å². The minimum atomic E-state index is -0.388. The normalized spacial score (nSPS) is 23.0. The van der Waals surface area contributed by atoms with E-state index < -0.39 is 0 Å². The van der Waals surface area contributed by atoms with Crippen LogP contribution in [0, 0.1) is 0 Å². The topological polar surface area (TPSA) is 50.3 Å². The first-order chi connectivity index (χ1) is 13.2. The summed E-state index contributed by atoms with van der Waals surface area (Å²) in [5, 5.41) is 5.37. The number of nitrogens with two attached hydrogens (primary N) is 1. The first kappa shape index (κ1) is 16.9. The molecule has 6 heteroatoms. The molecule has 5 rings (SSSR count). The molecule has 0 radical (unpaired) electrons. The van der Waals surface area contributed by atoms with E-state index in [2.05, 4.69) is 27.9 Å². The van der Waals surface area contributed by atoms with E-state index in [1.165, 1.54) is 0 Å². The van der Waals surface area contributed by atoms with Crippen molar-refractivity contribution < 1.29 is 14.8 Å². The Morgan fingerprint density at radius 2 is 2.00 bits per heavy atom.